The number of methoxy groups -OCH3 is 1. The van der Waals surface area contributed by atoms with Crippen molar-refractivity contribution in [3.05, 3.63) is 35.7 Å². The number of fused-ring (bicyclic) bond motifs is 2. The molecule has 1 fully saturated rings. The summed E-state index contributed by atoms with van der Waals surface area (Å²) >= 11 is 0. The molecule has 0 atom stereocenters. The molecule has 0 aliphatic carbocycles. The number of amides is 2. The molecule has 4 heterocycles. The predicted molar refractivity (Wildman–Crippen MR) is 105 cm³/mol. The van der Waals surface area contributed by atoms with E-state index in [-0.39, 0.29) is 18.4 Å². The number of aromatic nitrogens is 4. The minimum Gasteiger partial charge on any atom is -0.375 e. The molecule has 0 aromatic carbocycles. The molecule has 2 aliphatic rings. The monoisotopic (exact) mass is 400 g/mol. The molecule has 0 radical (unpaired) electrons. The van der Waals surface area contributed by atoms with E-state index in [9.17, 15) is 9.59 Å². The van der Waals surface area contributed by atoms with E-state index < -0.39 is 5.54 Å². The van der Waals surface area contributed by atoms with Crippen molar-refractivity contribution < 1.29 is 14.3 Å². The molecule has 4 rings (SSSR count). The standard InChI is InChI=1S/C20H28N6O3/c1-15-11-23-25(12-15)7-4-17(27)24-9-5-20(6-10-24)19-16(21-14-22-19)3-8-26(20)18(28)13-29-2/h11-12,14H,3-10,13H2,1-2H3,(H,21,22). The number of nitrogens with zero attached hydrogens (tertiary/aromatic N) is 5. The van der Waals surface area contributed by atoms with Gasteiger partial charge in [-0.25, -0.2) is 4.98 Å². The Balaban J connectivity index is 1.45. The number of H-pyrrole nitrogens is 1. The van der Waals surface area contributed by atoms with Crippen LogP contribution >= 0.6 is 0 Å². The maximum atomic E-state index is 12.8. The molecular formula is C20H28N6O3. The van der Waals surface area contributed by atoms with E-state index in [2.05, 4.69) is 15.1 Å². The van der Waals surface area contributed by atoms with Gasteiger partial charge in [0.15, 0.2) is 0 Å². The van der Waals surface area contributed by atoms with Crippen molar-refractivity contribution >= 4 is 11.8 Å². The molecule has 1 spiro atoms. The van der Waals surface area contributed by atoms with Crippen molar-refractivity contribution in [2.75, 3.05) is 33.4 Å². The van der Waals surface area contributed by atoms with Crippen molar-refractivity contribution in [2.24, 2.45) is 0 Å². The number of likely N-dealkylation sites (tertiary alicyclic amines) is 1. The minimum absolute atomic E-state index is 0.0185. The van der Waals surface area contributed by atoms with Gasteiger partial charge in [0.2, 0.25) is 11.8 Å². The third-order valence-corrected chi connectivity index (χ3v) is 6.09. The fourth-order valence-electron chi connectivity index (χ4n) is 4.63. The molecule has 9 heteroatoms. The Labute approximate surface area is 170 Å². The van der Waals surface area contributed by atoms with Crippen LogP contribution in [0.5, 0.6) is 0 Å². The number of carbonyl (C=O) groups excluding carboxylic acids is 2. The number of ether oxygens (including phenoxy) is 1. The summed E-state index contributed by atoms with van der Waals surface area (Å²) in [5.74, 6) is 0.107. The fraction of sp³-hybridized carbons (Fsp3) is 0.600. The summed E-state index contributed by atoms with van der Waals surface area (Å²) in [5, 5.41) is 4.25. The van der Waals surface area contributed by atoms with Gasteiger partial charge in [-0.2, -0.15) is 5.10 Å². The Morgan fingerprint density at radius 1 is 1.24 bits per heavy atom. The first kappa shape index (κ1) is 19.6. The number of imidazole rings is 1. The van der Waals surface area contributed by atoms with Crippen LogP contribution in [0.25, 0.3) is 0 Å². The number of rotatable bonds is 5. The molecule has 156 valence electrons. The summed E-state index contributed by atoms with van der Waals surface area (Å²) in [5.41, 5.74) is 2.68. The Morgan fingerprint density at radius 3 is 2.72 bits per heavy atom. The molecule has 2 aliphatic heterocycles. The molecule has 9 nitrogen and oxygen atoms in total. The highest BCUT2D eigenvalue weighted by molar-refractivity contribution is 5.79. The van der Waals surface area contributed by atoms with Gasteiger partial charge in [0.25, 0.3) is 0 Å². The van der Waals surface area contributed by atoms with Crippen LogP contribution in [0, 0.1) is 6.92 Å². The third-order valence-electron chi connectivity index (χ3n) is 6.09. The Kier molecular flexibility index (Phi) is 5.40. The second-order valence-electron chi connectivity index (χ2n) is 7.90. The summed E-state index contributed by atoms with van der Waals surface area (Å²) in [7, 11) is 1.54. The number of carbonyl (C=O) groups is 2. The molecule has 2 aromatic rings. The van der Waals surface area contributed by atoms with Gasteiger partial charge in [-0.05, 0) is 25.3 Å². The van der Waals surface area contributed by atoms with E-state index in [1.54, 1.807) is 17.2 Å². The smallest absolute Gasteiger partial charge is 0.249 e. The number of hydrogen-bond acceptors (Lipinski definition) is 5. The zero-order valence-corrected chi connectivity index (χ0v) is 17.1. The minimum atomic E-state index is -0.459. The van der Waals surface area contributed by atoms with Crippen LogP contribution in [-0.4, -0.2) is 74.7 Å². The summed E-state index contributed by atoms with van der Waals surface area (Å²) < 4.78 is 6.91. The summed E-state index contributed by atoms with van der Waals surface area (Å²) in [6.45, 7) is 4.49. The second kappa shape index (κ2) is 7.98. The van der Waals surface area contributed by atoms with Gasteiger partial charge in [0, 0.05) is 58.0 Å². The molecular weight excluding hydrogens is 372 g/mol. The van der Waals surface area contributed by atoms with Crippen LogP contribution in [0.1, 0.15) is 36.2 Å². The average Bonchev–Trinajstić information content (AvgIpc) is 3.36. The second-order valence-corrected chi connectivity index (χ2v) is 7.90. The number of piperidine rings is 1. The average molecular weight is 400 g/mol. The van der Waals surface area contributed by atoms with Crippen molar-refractivity contribution in [1.29, 1.82) is 0 Å². The lowest BCUT2D eigenvalue weighted by Gasteiger charge is -2.50. The van der Waals surface area contributed by atoms with E-state index in [0.29, 0.717) is 45.4 Å². The summed E-state index contributed by atoms with van der Waals surface area (Å²) in [6, 6.07) is 0. The first-order valence-corrected chi connectivity index (χ1v) is 10.1. The van der Waals surface area contributed by atoms with Crippen LogP contribution < -0.4 is 0 Å². The molecule has 0 saturated carbocycles. The first-order valence-electron chi connectivity index (χ1n) is 10.1. The lowest BCUT2D eigenvalue weighted by atomic mass is 9.78. The lowest BCUT2D eigenvalue weighted by Crippen LogP contribution is -2.59. The molecule has 0 bridgehead atoms. The molecule has 29 heavy (non-hydrogen) atoms. The van der Waals surface area contributed by atoms with Crippen molar-refractivity contribution in [3.8, 4) is 0 Å². The highest BCUT2D eigenvalue weighted by Gasteiger charge is 2.48. The van der Waals surface area contributed by atoms with Gasteiger partial charge in [0.1, 0.15) is 6.61 Å². The quantitative estimate of drug-likeness (QED) is 0.803. The zero-order valence-electron chi connectivity index (χ0n) is 17.1. The Bertz CT molecular complexity index is 880. The largest absolute Gasteiger partial charge is 0.375 e. The first-order chi connectivity index (χ1) is 14.0. The van der Waals surface area contributed by atoms with Crippen molar-refractivity contribution in [1.82, 2.24) is 29.5 Å². The van der Waals surface area contributed by atoms with Gasteiger partial charge in [0.05, 0.1) is 23.8 Å². The van der Waals surface area contributed by atoms with Gasteiger partial charge >= 0.3 is 0 Å². The molecule has 1 saturated heterocycles. The molecule has 1 N–H and O–H groups in total. The topological polar surface area (TPSA) is 96.4 Å². The number of aromatic amines is 1. The van der Waals surface area contributed by atoms with Crippen LogP contribution in [-0.2, 0) is 32.8 Å². The van der Waals surface area contributed by atoms with Crippen LogP contribution in [0.4, 0.5) is 0 Å². The normalized spacial score (nSPS) is 18.1. The van der Waals surface area contributed by atoms with Crippen LogP contribution in [0.3, 0.4) is 0 Å². The van der Waals surface area contributed by atoms with E-state index in [0.717, 1.165) is 23.4 Å². The predicted octanol–water partition coefficient (Wildman–Crippen LogP) is 0.854. The molecule has 2 aromatic heterocycles. The highest BCUT2D eigenvalue weighted by Crippen LogP contribution is 2.42. The SMILES string of the molecule is COCC(=O)N1CCc2[nH]cnc2C12CCN(C(=O)CCn1cc(C)cn1)CC2. The summed E-state index contributed by atoms with van der Waals surface area (Å²) in [6.07, 6.45) is 8.01. The van der Waals surface area contributed by atoms with E-state index in [1.165, 1.54) is 7.11 Å². The van der Waals surface area contributed by atoms with E-state index >= 15 is 0 Å². The Morgan fingerprint density at radius 2 is 2.03 bits per heavy atom. The number of nitrogens with one attached hydrogen (secondary N) is 1. The number of aryl methyl sites for hydroxylation is 2. The molecule has 0 unspecified atom stereocenters. The maximum absolute atomic E-state index is 12.8. The zero-order chi connectivity index (χ0) is 20.4. The van der Waals surface area contributed by atoms with E-state index in [1.807, 2.05) is 22.9 Å². The van der Waals surface area contributed by atoms with Gasteiger partial charge in [-0.1, -0.05) is 0 Å². The fourth-order valence-corrected chi connectivity index (χ4v) is 4.63. The van der Waals surface area contributed by atoms with Gasteiger partial charge < -0.3 is 19.5 Å². The summed E-state index contributed by atoms with van der Waals surface area (Å²) in [4.78, 5) is 37.1. The van der Waals surface area contributed by atoms with Crippen LogP contribution in [0.15, 0.2) is 18.7 Å². The lowest BCUT2D eigenvalue weighted by molar-refractivity contribution is -0.147. The Hall–Kier alpha value is -2.68. The van der Waals surface area contributed by atoms with Crippen molar-refractivity contribution in [2.45, 2.75) is 44.7 Å². The third kappa shape index (κ3) is 3.66. The van der Waals surface area contributed by atoms with E-state index in [4.69, 9.17) is 4.74 Å². The van der Waals surface area contributed by atoms with Crippen molar-refractivity contribution in [3.63, 3.8) is 0 Å². The van der Waals surface area contributed by atoms with Crippen LogP contribution in [0.2, 0.25) is 0 Å². The maximum Gasteiger partial charge on any atom is 0.249 e. The highest BCUT2D eigenvalue weighted by atomic mass is 16.5. The van der Waals surface area contributed by atoms with Gasteiger partial charge in [-0.15, -0.1) is 0 Å². The number of hydrogen-bond donors (Lipinski definition) is 1. The molecule has 2 amide bonds. The van der Waals surface area contributed by atoms with Gasteiger partial charge in [-0.3, -0.25) is 14.3 Å².